The standard InChI is InChI=1S/C21H16/c1-13-9-11-19-17-7-3-2-6-16(17)18-8-4-5-14-10-12-15(13)21(19)20(14)18/h2-4,6-12,18H,5H2,1H3. The lowest BCUT2D eigenvalue weighted by atomic mass is 9.72. The van der Waals surface area contributed by atoms with Crippen molar-refractivity contribution in [2.24, 2.45) is 0 Å². The lowest BCUT2D eigenvalue weighted by Crippen LogP contribution is -2.12. The minimum atomic E-state index is 0.433. The van der Waals surface area contributed by atoms with Gasteiger partial charge in [0.05, 0.1) is 0 Å². The first kappa shape index (κ1) is 11.3. The fraction of sp³-hybridized carbons (Fsp3) is 0.143. The van der Waals surface area contributed by atoms with Crippen molar-refractivity contribution < 1.29 is 0 Å². The number of fused-ring (bicyclic) bond motifs is 3. The van der Waals surface area contributed by atoms with Crippen molar-refractivity contribution in [3.05, 3.63) is 82.9 Å². The Morgan fingerprint density at radius 1 is 0.905 bits per heavy atom. The van der Waals surface area contributed by atoms with E-state index in [4.69, 9.17) is 0 Å². The molecule has 3 aromatic carbocycles. The number of benzene rings is 3. The van der Waals surface area contributed by atoms with Crippen LogP contribution < -0.4 is 0 Å². The summed E-state index contributed by atoms with van der Waals surface area (Å²) in [7, 11) is 0. The molecule has 1 unspecified atom stereocenters. The Morgan fingerprint density at radius 3 is 2.76 bits per heavy atom. The Labute approximate surface area is 124 Å². The van der Waals surface area contributed by atoms with E-state index >= 15 is 0 Å². The van der Waals surface area contributed by atoms with Crippen molar-refractivity contribution in [1.29, 1.82) is 0 Å². The zero-order valence-electron chi connectivity index (χ0n) is 12.1. The topological polar surface area (TPSA) is 0 Å². The Bertz CT molecular complexity index is 928. The van der Waals surface area contributed by atoms with E-state index in [1.165, 1.54) is 38.6 Å². The maximum absolute atomic E-state index is 2.39. The summed E-state index contributed by atoms with van der Waals surface area (Å²) in [5.74, 6) is 0.433. The number of aryl methyl sites for hydroxylation is 1. The predicted molar refractivity (Wildman–Crippen MR) is 88.8 cm³/mol. The van der Waals surface area contributed by atoms with E-state index in [-0.39, 0.29) is 0 Å². The third-order valence-electron chi connectivity index (χ3n) is 5.09. The summed E-state index contributed by atoms with van der Waals surface area (Å²) < 4.78 is 0. The third kappa shape index (κ3) is 1.35. The van der Waals surface area contributed by atoms with Gasteiger partial charge in [-0.05, 0) is 57.5 Å². The molecule has 0 saturated carbocycles. The Morgan fingerprint density at radius 2 is 1.81 bits per heavy atom. The van der Waals surface area contributed by atoms with Crippen LogP contribution in [0.25, 0.3) is 21.9 Å². The molecule has 0 N–H and O–H groups in total. The number of allylic oxidation sites excluding steroid dienone is 2. The van der Waals surface area contributed by atoms with E-state index in [9.17, 15) is 0 Å². The smallest absolute Gasteiger partial charge is 0.0285 e. The van der Waals surface area contributed by atoms with Crippen molar-refractivity contribution in [2.45, 2.75) is 19.3 Å². The Balaban J connectivity index is 2.06. The molecule has 3 aromatic rings. The quantitative estimate of drug-likeness (QED) is 0.481. The SMILES string of the molecule is Cc1ccc2c3c4c(ccc13)CC=CC4c1ccccc1-2. The first-order valence-electron chi connectivity index (χ1n) is 7.65. The lowest BCUT2D eigenvalue weighted by molar-refractivity contribution is 0.961. The van der Waals surface area contributed by atoms with Gasteiger partial charge in [0.2, 0.25) is 0 Å². The van der Waals surface area contributed by atoms with Crippen LogP contribution in [-0.2, 0) is 6.42 Å². The summed E-state index contributed by atoms with van der Waals surface area (Å²) in [6.07, 6.45) is 5.79. The highest BCUT2D eigenvalue weighted by Crippen LogP contribution is 2.49. The van der Waals surface area contributed by atoms with Crippen LogP contribution in [-0.4, -0.2) is 0 Å². The molecule has 2 aliphatic carbocycles. The van der Waals surface area contributed by atoms with E-state index in [0.29, 0.717) is 5.92 Å². The molecule has 0 nitrogen and oxygen atoms in total. The zero-order valence-corrected chi connectivity index (χ0v) is 12.1. The first-order valence-corrected chi connectivity index (χ1v) is 7.65. The number of hydrogen-bond acceptors (Lipinski definition) is 0. The van der Waals surface area contributed by atoms with Gasteiger partial charge in [-0.3, -0.25) is 0 Å². The summed E-state index contributed by atoms with van der Waals surface area (Å²) in [5, 5.41) is 2.90. The van der Waals surface area contributed by atoms with Gasteiger partial charge >= 0.3 is 0 Å². The zero-order chi connectivity index (χ0) is 14.0. The molecule has 0 heterocycles. The molecule has 0 saturated heterocycles. The molecule has 0 spiro atoms. The van der Waals surface area contributed by atoms with Gasteiger partial charge in [-0.2, -0.15) is 0 Å². The van der Waals surface area contributed by atoms with Gasteiger partial charge in [0.25, 0.3) is 0 Å². The highest BCUT2D eigenvalue weighted by molar-refractivity contribution is 6.05. The molecule has 21 heavy (non-hydrogen) atoms. The van der Waals surface area contributed by atoms with Crippen LogP contribution in [0.3, 0.4) is 0 Å². The highest BCUT2D eigenvalue weighted by Gasteiger charge is 2.29. The normalized spacial score (nSPS) is 17.9. The molecule has 0 fully saturated rings. The summed E-state index contributed by atoms with van der Waals surface area (Å²) in [6.45, 7) is 2.22. The van der Waals surface area contributed by atoms with E-state index in [1.54, 1.807) is 5.56 Å². The van der Waals surface area contributed by atoms with Gasteiger partial charge in [0, 0.05) is 5.92 Å². The fourth-order valence-electron chi connectivity index (χ4n) is 4.12. The second kappa shape index (κ2) is 3.85. The molecule has 0 amide bonds. The Kier molecular flexibility index (Phi) is 2.08. The number of rotatable bonds is 0. The number of hydrogen-bond donors (Lipinski definition) is 0. The van der Waals surface area contributed by atoms with Crippen LogP contribution in [0.2, 0.25) is 0 Å². The van der Waals surface area contributed by atoms with Crippen molar-refractivity contribution in [2.75, 3.05) is 0 Å². The molecule has 1 atom stereocenters. The average Bonchev–Trinajstić information content (AvgIpc) is 2.54. The maximum atomic E-state index is 2.39. The Hall–Kier alpha value is -2.34. The van der Waals surface area contributed by atoms with Crippen LogP contribution in [0.15, 0.2) is 60.7 Å². The maximum Gasteiger partial charge on any atom is 0.0285 e. The summed E-state index contributed by atoms with van der Waals surface area (Å²) in [5.41, 5.74) is 8.70. The molecule has 0 radical (unpaired) electrons. The third-order valence-corrected chi connectivity index (χ3v) is 5.09. The molecule has 0 heteroatoms. The first-order chi connectivity index (χ1) is 10.3. The monoisotopic (exact) mass is 268 g/mol. The van der Waals surface area contributed by atoms with Crippen molar-refractivity contribution >= 4 is 10.8 Å². The fourth-order valence-corrected chi connectivity index (χ4v) is 4.12. The van der Waals surface area contributed by atoms with Crippen LogP contribution in [0.5, 0.6) is 0 Å². The lowest BCUT2D eigenvalue weighted by Gasteiger charge is -2.31. The summed E-state index contributed by atoms with van der Waals surface area (Å²) in [4.78, 5) is 0. The molecule has 0 aliphatic heterocycles. The van der Waals surface area contributed by atoms with Gasteiger partial charge in [0.15, 0.2) is 0 Å². The molecule has 5 rings (SSSR count). The molecule has 2 aliphatic rings. The highest BCUT2D eigenvalue weighted by atomic mass is 14.3. The second-order valence-electron chi connectivity index (χ2n) is 6.19. The van der Waals surface area contributed by atoms with Gasteiger partial charge in [-0.25, -0.2) is 0 Å². The van der Waals surface area contributed by atoms with Crippen LogP contribution in [0, 0.1) is 6.92 Å². The van der Waals surface area contributed by atoms with E-state index < -0.39 is 0 Å². The summed E-state index contributed by atoms with van der Waals surface area (Å²) >= 11 is 0. The molecule has 100 valence electrons. The van der Waals surface area contributed by atoms with Crippen molar-refractivity contribution in [3.63, 3.8) is 0 Å². The van der Waals surface area contributed by atoms with Gasteiger partial charge in [0.1, 0.15) is 0 Å². The van der Waals surface area contributed by atoms with Crippen LogP contribution in [0.1, 0.15) is 28.2 Å². The molecular formula is C21H16. The van der Waals surface area contributed by atoms with Crippen molar-refractivity contribution in [1.82, 2.24) is 0 Å². The van der Waals surface area contributed by atoms with Crippen LogP contribution in [0.4, 0.5) is 0 Å². The average molecular weight is 268 g/mol. The van der Waals surface area contributed by atoms with E-state index in [0.717, 1.165) is 6.42 Å². The van der Waals surface area contributed by atoms with E-state index in [2.05, 4.69) is 67.6 Å². The van der Waals surface area contributed by atoms with Crippen molar-refractivity contribution in [3.8, 4) is 11.1 Å². The molecule has 0 aromatic heterocycles. The van der Waals surface area contributed by atoms with Crippen LogP contribution >= 0.6 is 0 Å². The van der Waals surface area contributed by atoms with Gasteiger partial charge < -0.3 is 0 Å². The minimum Gasteiger partial charge on any atom is -0.0832 e. The second-order valence-corrected chi connectivity index (χ2v) is 6.19. The minimum absolute atomic E-state index is 0.433. The summed E-state index contributed by atoms with van der Waals surface area (Å²) in [6, 6.07) is 18.1. The largest absolute Gasteiger partial charge is 0.0832 e. The predicted octanol–water partition coefficient (Wildman–Crippen LogP) is 5.37. The van der Waals surface area contributed by atoms with Gasteiger partial charge in [-0.15, -0.1) is 0 Å². The molecule has 0 bridgehead atoms. The van der Waals surface area contributed by atoms with Gasteiger partial charge in [-0.1, -0.05) is 60.7 Å². The molecular weight excluding hydrogens is 252 g/mol. The van der Waals surface area contributed by atoms with E-state index in [1.807, 2.05) is 0 Å².